The standard InChI is InChI=1S/C28H37N7O11S/c1-47-7-6-17(28(45)46)32-26(43)19(10-22(37)38)35-27(44)20(11-23(39)40)34-25(42)18(33-24(41)15(29)9-21(30)36)8-13-12-31-16-5-3-2-4-14(13)16/h2-5,12,15,17-20,31H,6-11,29H2,1H3,(H2,30,36)(H,32,43)(H,33,41)(H,34,42)(H,35,44)(H,37,38)(H,39,40)(H,45,46)/t15-,17-,18-,19-,20-/m0/s1. The lowest BCUT2D eigenvalue weighted by molar-refractivity contribution is -0.145. The number of para-hydroxylation sites is 1. The van der Waals surface area contributed by atoms with Crippen molar-refractivity contribution in [2.24, 2.45) is 11.5 Å². The molecule has 0 radical (unpaired) electrons. The lowest BCUT2D eigenvalue weighted by atomic mass is 10.0. The number of primary amides is 1. The second kappa shape index (κ2) is 18.1. The van der Waals surface area contributed by atoms with Gasteiger partial charge in [0.2, 0.25) is 29.5 Å². The molecule has 0 bridgehead atoms. The zero-order valence-corrected chi connectivity index (χ0v) is 26.0. The summed E-state index contributed by atoms with van der Waals surface area (Å²) in [7, 11) is 0. The molecule has 1 heterocycles. The third kappa shape index (κ3) is 12.3. The van der Waals surface area contributed by atoms with E-state index in [4.69, 9.17) is 11.5 Å². The summed E-state index contributed by atoms with van der Waals surface area (Å²) in [5, 5.41) is 37.7. The number of rotatable bonds is 20. The van der Waals surface area contributed by atoms with Gasteiger partial charge in [-0.25, -0.2) is 4.79 Å². The average Bonchev–Trinajstić information content (AvgIpc) is 3.39. The monoisotopic (exact) mass is 679 g/mol. The van der Waals surface area contributed by atoms with Crippen LogP contribution < -0.4 is 32.7 Å². The number of carbonyl (C=O) groups excluding carboxylic acids is 5. The number of aromatic amines is 1. The topological polar surface area (TPSA) is 313 Å². The van der Waals surface area contributed by atoms with Gasteiger partial charge in [0, 0.05) is 23.5 Å². The van der Waals surface area contributed by atoms with Crippen LogP contribution in [0.2, 0.25) is 0 Å². The molecule has 256 valence electrons. The Balaban J connectivity index is 2.34. The summed E-state index contributed by atoms with van der Waals surface area (Å²) in [6, 6.07) is -1.08. The number of fused-ring (bicyclic) bond motifs is 1. The summed E-state index contributed by atoms with van der Waals surface area (Å²) in [5.74, 6) is -9.51. The molecule has 0 fully saturated rings. The molecule has 19 heteroatoms. The average molecular weight is 680 g/mol. The van der Waals surface area contributed by atoms with Gasteiger partial charge >= 0.3 is 17.9 Å². The van der Waals surface area contributed by atoms with E-state index in [-0.39, 0.29) is 12.8 Å². The van der Waals surface area contributed by atoms with E-state index in [0.29, 0.717) is 22.2 Å². The molecule has 5 atom stereocenters. The van der Waals surface area contributed by atoms with Crippen molar-refractivity contribution in [3.05, 3.63) is 36.0 Å². The number of carboxylic acids is 3. The van der Waals surface area contributed by atoms with Crippen LogP contribution in [0.4, 0.5) is 0 Å². The number of benzene rings is 1. The number of carbonyl (C=O) groups is 8. The highest BCUT2D eigenvalue weighted by Crippen LogP contribution is 2.19. The molecule has 5 amide bonds. The minimum Gasteiger partial charge on any atom is -0.481 e. The van der Waals surface area contributed by atoms with Crippen molar-refractivity contribution in [2.75, 3.05) is 12.0 Å². The number of carboxylic acid groups (broad SMARTS) is 3. The molecule has 1 aromatic carbocycles. The number of nitrogens with two attached hydrogens (primary N) is 2. The van der Waals surface area contributed by atoms with Crippen LogP contribution in [0, 0.1) is 0 Å². The van der Waals surface area contributed by atoms with Crippen molar-refractivity contribution in [1.82, 2.24) is 26.3 Å². The van der Waals surface area contributed by atoms with Crippen LogP contribution in [0.1, 0.15) is 31.2 Å². The Labute approximate surface area is 271 Å². The molecule has 47 heavy (non-hydrogen) atoms. The third-order valence-electron chi connectivity index (χ3n) is 6.74. The fourth-order valence-corrected chi connectivity index (χ4v) is 4.87. The van der Waals surface area contributed by atoms with Gasteiger partial charge in [0.25, 0.3) is 0 Å². The smallest absolute Gasteiger partial charge is 0.326 e. The molecule has 2 aromatic rings. The highest BCUT2D eigenvalue weighted by atomic mass is 32.2. The van der Waals surface area contributed by atoms with Crippen molar-refractivity contribution in [2.45, 2.75) is 62.3 Å². The predicted molar refractivity (Wildman–Crippen MR) is 167 cm³/mol. The summed E-state index contributed by atoms with van der Waals surface area (Å²) in [4.78, 5) is 101. The Morgan fingerprint density at radius 1 is 0.766 bits per heavy atom. The second-order valence-corrected chi connectivity index (χ2v) is 11.4. The number of amides is 5. The zero-order chi connectivity index (χ0) is 35.3. The largest absolute Gasteiger partial charge is 0.481 e. The van der Waals surface area contributed by atoms with Crippen molar-refractivity contribution < 1.29 is 53.7 Å². The molecule has 0 aliphatic heterocycles. The first-order valence-electron chi connectivity index (χ1n) is 14.1. The SMILES string of the molecule is CSCC[C@H](NC(=O)[C@H](CC(=O)O)NC(=O)[C@H](CC(=O)O)NC(=O)[C@H](Cc1c[nH]c2ccccc12)NC(=O)[C@@H](N)CC(N)=O)C(=O)O. The molecule has 0 aliphatic carbocycles. The quantitative estimate of drug-likeness (QED) is 0.0701. The maximum Gasteiger partial charge on any atom is 0.326 e. The van der Waals surface area contributed by atoms with Gasteiger partial charge in [0.15, 0.2) is 0 Å². The van der Waals surface area contributed by atoms with Crippen LogP contribution >= 0.6 is 11.8 Å². The van der Waals surface area contributed by atoms with Gasteiger partial charge in [-0.1, -0.05) is 18.2 Å². The van der Waals surface area contributed by atoms with E-state index in [1.165, 1.54) is 11.8 Å². The normalized spacial score (nSPS) is 14.1. The first-order valence-corrected chi connectivity index (χ1v) is 15.5. The van der Waals surface area contributed by atoms with Crippen molar-refractivity contribution in [3.8, 4) is 0 Å². The fraction of sp³-hybridized carbons (Fsp3) is 0.429. The molecular formula is C28H37N7O11S. The van der Waals surface area contributed by atoms with Gasteiger partial charge in [-0.05, 0) is 30.1 Å². The van der Waals surface area contributed by atoms with Crippen molar-refractivity contribution in [1.29, 1.82) is 0 Å². The highest BCUT2D eigenvalue weighted by molar-refractivity contribution is 7.98. The lowest BCUT2D eigenvalue weighted by Gasteiger charge is -2.25. The van der Waals surface area contributed by atoms with Crippen LogP contribution in [0.3, 0.4) is 0 Å². The lowest BCUT2D eigenvalue weighted by Crippen LogP contribution is -2.59. The number of H-pyrrole nitrogens is 1. The van der Waals surface area contributed by atoms with Crippen LogP contribution in [0.25, 0.3) is 10.9 Å². The summed E-state index contributed by atoms with van der Waals surface area (Å²) < 4.78 is 0. The third-order valence-corrected chi connectivity index (χ3v) is 7.38. The number of hydrogen-bond acceptors (Lipinski definition) is 10. The van der Waals surface area contributed by atoms with Crippen LogP contribution in [-0.2, 0) is 44.8 Å². The van der Waals surface area contributed by atoms with E-state index in [1.54, 1.807) is 36.7 Å². The Hall–Kier alpha value is -5.17. The molecule has 0 spiro atoms. The van der Waals surface area contributed by atoms with E-state index >= 15 is 0 Å². The minimum absolute atomic E-state index is 0.0136. The maximum absolute atomic E-state index is 13.5. The Morgan fingerprint density at radius 2 is 1.28 bits per heavy atom. The van der Waals surface area contributed by atoms with Gasteiger partial charge < -0.3 is 53.0 Å². The number of thioether (sulfide) groups is 1. The Bertz CT molecular complexity index is 1500. The summed E-state index contributed by atoms with van der Waals surface area (Å²) in [6.07, 6.45) is 0.488. The molecule has 18 nitrogen and oxygen atoms in total. The first kappa shape index (κ1) is 38.0. The molecule has 12 N–H and O–H groups in total. The van der Waals surface area contributed by atoms with Crippen LogP contribution in [0.15, 0.2) is 30.5 Å². The number of aliphatic carboxylic acids is 3. The summed E-state index contributed by atoms with van der Waals surface area (Å²) >= 11 is 1.30. The van der Waals surface area contributed by atoms with Crippen LogP contribution in [-0.4, -0.2) is 110 Å². The van der Waals surface area contributed by atoms with Gasteiger partial charge in [-0.3, -0.25) is 33.6 Å². The van der Waals surface area contributed by atoms with Crippen LogP contribution in [0.5, 0.6) is 0 Å². The van der Waals surface area contributed by atoms with Gasteiger partial charge in [0.1, 0.15) is 24.2 Å². The van der Waals surface area contributed by atoms with E-state index in [1.807, 2.05) is 0 Å². The van der Waals surface area contributed by atoms with Gasteiger partial charge in [-0.15, -0.1) is 0 Å². The fourth-order valence-electron chi connectivity index (χ4n) is 4.40. The van der Waals surface area contributed by atoms with E-state index in [0.717, 1.165) is 0 Å². The highest BCUT2D eigenvalue weighted by Gasteiger charge is 2.34. The minimum atomic E-state index is -1.89. The predicted octanol–water partition coefficient (Wildman–Crippen LogP) is -2.36. The van der Waals surface area contributed by atoms with E-state index in [2.05, 4.69) is 26.3 Å². The van der Waals surface area contributed by atoms with Gasteiger partial charge in [-0.2, -0.15) is 11.8 Å². The van der Waals surface area contributed by atoms with Crippen molar-refractivity contribution >= 4 is 70.1 Å². The molecule has 0 unspecified atom stereocenters. The Morgan fingerprint density at radius 3 is 1.79 bits per heavy atom. The van der Waals surface area contributed by atoms with E-state index < -0.39 is 96.9 Å². The number of aromatic nitrogens is 1. The maximum atomic E-state index is 13.5. The molecule has 1 aromatic heterocycles. The summed E-state index contributed by atoms with van der Waals surface area (Å²) in [5.41, 5.74) is 12.1. The first-order chi connectivity index (χ1) is 22.1. The molecule has 0 saturated carbocycles. The zero-order valence-electron chi connectivity index (χ0n) is 25.2. The number of nitrogens with one attached hydrogen (secondary N) is 5. The number of hydrogen-bond donors (Lipinski definition) is 10. The molecule has 0 saturated heterocycles. The molecule has 0 aliphatic rings. The Kier molecular flexibility index (Phi) is 14.6. The second-order valence-electron chi connectivity index (χ2n) is 10.4. The van der Waals surface area contributed by atoms with Gasteiger partial charge in [0.05, 0.1) is 25.3 Å². The van der Waals surface area contributed by atoms with Crippen molar-refractivity contribution in [3.63, 3.8) is 0 Å². The molecular weight excluding hydrogens is 642 g/mol. The van der Waals surface area contributed by atoms with E-state index in [9.17, 15) is 53.7 Å². The molecule has 2 rings (SSSR count). The summed E-state index contributed by atoms with van der Waals surface area (Å²) in [6.45, 7) is 0.